The first-order valence-corrected chi connectivity index (χ1v) is 3.17. The van der Waals surface area contributed by atoms with E-state index < -0.39 is 17.8 Å². The number of hydrogen-bond acceptors (Lipinski definition) is 2. The van der Waals surface area contributed by atoms with Crippen molar-refractivity contribution in [1.82, 2.24) is 0 Å². The molecular weight excluding hydrogens is 121 g/mol. The lowest BCUT2D eigenvalue weighted by Crippen LogP contribution is -2.43. The summed E-state index contributed by atoms with van der Waals surface area (Å²) in [5, 5.41) is 8.97. The topological polar surface area (TPSA) is 46.2 Å². The van der Waals surface area contributed by atoms with Gasteiger partial charge in [0.2, 0.25) is 0 Å². The molecular formula is C6H12FNO. The van der Waals surface area contributed by atoms with Crippen LogP contribution in [0.5, 0.6) is 0 Å². The van der Waals surface area contributed by atoms with Gasteiger partial charge in [0, 0.05) is 6.04 Å². The lowest BCUT2D eigenvalue weighted by Gasteiger charge is -2.21. The van der Waals surface area contributed by atoms with Crippen LogP contribution in [0.25, 0.3) is 0 Å². The Bertz CT molecular complexity index is 104. The van der Waals surface area contributed by atoms with Crippen LogP contribution >= 0.6 is 0 Å². The van der Waals surface area contributed by atoms with Crippen LogP contribution in [0.4, 0.5) is 4.39 Å². The molecule has 0 aromatic rings. The Balaban J connectivity index is 2.66. The molecule has 0 radical (unpaired) electrons. The van der Waals surface area contributed by atoms with E-state index in [0.717, 1.165) is 0 Å². The summed E-state index contributed by atoms with van der Waals surface area (Å²) >= 11 is 0. The highest BCUT2D eigenvalue weighted by atomic mass is 19.1. The average Bonchev–Trinajstić information content (AvgIpc) is 1.96. The molecule has 1 rings (SSSR count). The van der Waals surface area contributed by atoms with Gasteiger partial charge >= 0.3 is 0 Å². The fraction of sp³-hybridized carbons (Fsp3) is 1.00. The molecule has 0 amide bonds. The van der Waals surface area contributed by atoms with Gasteiger partial charge in [0.15, 0.2) is 0 Å². The minimum Gasteiger partial charge on any atom is -0.390 e. The highest BCUT2D eigenvalue weighted by Crippen LogP contribution is 2.31. The first-order chi connectivity index (χ1) is 4.05. The number of nitrogens with two attached hydrogens (primary N) is 1. The molecule has 3 heteroatoms. The molecule has 2 nitrogen and oxygen atoms in total. The Hall–Kier alpha value is -0.150. The molecule has 0 aliphatic heterocycles. The molecule has 0 bridgehead atoms. The van der Waals surface area contributed by atoms with Crippen molar-refractivity contribution in [2.24, 2.45) is 5.73 Å². The maximum Gasteiger partial charge on any atom is 0.148 e. The van der Waals surface area contributed by atoms with Crippen LogP contribution < -0.4 is 5.73 Å². The van der Waals surface area contributed by atoms with E-state index in [4.69, 9.17) is 10.8 Å². The van der Waals surface area contributed by atoms with Crippen LogP contribution in [-0.4, -0.2) is 22.9 Å². The summed E-state index contributed by atoms with van der Waals surface area (Å²) in [5.41, 5.74) is 3.81. The van der Waals surface area contributed by atoms with E-state index in [1.807, 2.05) is 0 Å². The quantitative estimate of drug-likeness (QED) is 0.495. The van der Waals surface area contributed by atoms with Gasteiger partial charge in [-0.15, -0.1) is 0 Å². The largest absolute Gasteiger partial charge is 0.390 e. The summed E-state index contributed by atoms with van der Waals surface area (Å²) < 4.78 is 13.0. The van der Waals surface area contributed by atoms with Crippen molar-refractivity contribution < 1.29 is 9.50 Å². The number of halogens is 1. The molecule has 0 aromatic heterocycles. The normalized spacial score (nSPS) is 52.0. The fourth-order valence-electron chi connectivity index (χ4n) is 1.15. The third kappa shape index (κ3) is 0.946. The van der Waals surface area contributed by atoms with Crippen LogP contribution in [0, 0.1) is 0 Å². The molecule has 3 atom stereocenters. The number of rotatable bonds is 0. The third-order valence-electron chi connectivity index (χ3n) is 2.13. The molecule has 3 N–H and O–H groups in total. The molecule has 0 unspecified atom stereocenters. The van der Waals surface area contributed by atoms with Gasteiger partial charge in [-0.25, -0.2) is 4.39 Å². The van der Waals surface area contributed by atoms with Crippen LogP contribution in [0.1, 0.15) is 19.8 Å². The second-order valence-electron chi connectivity index (χ2n) is 2.85. The van der Waals surface area contributed by atoms with Crippen molar-refractivity contribution in [3.05, 3.63) is 0 Å². The molecule has 0 spiro atoms. The molecule has 1 aliphatic carbocycles. The first kappa shape index (κ1) is 6.96. The number of aliphatic hydroxyl groups excluding tert-OH is 1. The van der Waals surface area contributed by atoms with E-state index in [9.17, 15) is 4.39 Å². The monoisotopic (exact) mass is 133 g/mol. The molecule has 1 fully saturated rings. The van der Waals surface area contributed by atoms with Crippen LogP contribution in [0.15, 0.2) is 0 Å². The summed E-state index contributed by atoms with van der Waals surface area (Å²) in [7, 11) is 0. The van der Waals surface area contributed by atoms with E-state index in [2.05, 4.69) is 0 Å². The molecule has 0 saturated heterocycles. The summed E-state index contributed by atoms with van der Waals surface area (Å²) in [5.74, 6) is 0. The molecule has 0 aromatic carbocycles. The zero-order valence-electron chi connectivity index (χ0n) is 5.47. The maximum absolute atomic E-state index is 13.0. The Morgan fingerprint density at radius 2 is 2.22 bits per heavy atom. The lowest BCUT2D eigenvalue weighted by atomic mass is 10.0. The number of alkyl halides is 1. The first-order valence-electron chi connectivity index (χ1n) is 3.17. The van der Waals surface area contributed by atoms with Gasteiger partial charge in [0.05, 0.1) is 6.10 Å². The summed E-state index contributed by atoms with van der Waals surface area (Å²) in [4.78, 5) is 0. The summed E-state index contributed by atoms with van der Waals surface area (Å²) in [6.45, 7) is 1.36. The second-order valence-corrected chi connectivity index (χ2v) is 2.85. The van der Waals surface area contributed by atoms with Gasteiger partial charge in [0.1, 0.15) is 5.67 Å². The highest BCUT2D eigenvalue weighted by molar-refractivity contribution is 4.98. The average molecular weight is 133 g/mol. The van der Waals surface area contributed by atoms with E-state index >= 15 is 0 Å². The number of hydrogen-bond donors (Lipinski definition) is 2. The number of aliphatic hydroxyl groups is 1. The van der Waals surface area contributed by atoms with Crippen molar-refractivity contribution in [2.75, 3.05) is 0 Å². The summed E-state index contributed by atoms with van der Waals surface area (Å²) in [6.07, 6.45) is 0.231. The smallest absolute Gasteiger partial charge is 0.148 e. The van der Waals surface area contributed by atoms with E-state index in [1.165, 1.54) is 6.92 Å². The lowest BCUT2D eigenvalue weighted by molar-refractivity contribution is 0.0220. The predicted octanol–water partition coefficient (Wildman–Crippen LogP) is 0.197. The Morgan fingerprint density at radius 3 is 2.33 bits per heavy atom. The molecule has 9 heavy (non-hydrogen) atoms. The third-order valence-corrected chi connectivity index (χ3v) is 2.13. The van der Waals surface area contributed by atoms with Crippen LogP contribution in [-0.2, 0) is 0 Å². The van der Waals surface area contributed by atoms with Crippen LogP contribution in [0.2, 0.25) is 0 Å². The van der Waals surface area contributed by atoms with E-state index in [1.54, 1.807) is 0 Å². The fourth-order valence-corrected chi connectivity index (χ4v) is 1.15. The van der Waals surface area contributed by atoms with Gasteiger partial charge in [0.25, 0.3) is 0 Å². The Morgan fingerprint density at radius 1 is 1.67 bits per heavy atom. The zero-order valence-corrected chi connectivity index (χ0v) is 5.47. The van der Waals surface area contributed by atoms with Crippen molar-refractivity contribution in [3.8, 4) is 0 Å². The Labute approximate surface area is 53.9 Å². The molecule has 1 aliphatic rings. The van der Waals surface area contributed by atoms with Gasteiger partial charge in [-0.3, -0.25) is 0 Å². The molecule has 0 heterocycles. The maximum atomic E-state index is 13.0. The van der Waals surface area contributed by atoms with Crippen molar-refractivity contribution in [1.29, 1.82) is 0 Å². The van der Waals surface area contributed by atoms with Crippen LogP contribution in [0.3, 0.4) is 0 Å². The van der Waals surface area contributed by atoms with Crippen molar-refractivity contribution in [2.45, 2.75) is 37.6 Å². The van der Waals surface area contributed by atoms with E-state index in [0.29, 0.717) is 12.8 Å². The SMILES string of the molecule is C[C@@]1(F)[C@H](N)CC[C@H]1O. The van der Waals surface area contributed by atoms with Gasteiger partial charge in [-0.05, 0) is 19.8 Å². The van der Waals surface area contributed by atoms with E-state index in [-0.39, 0.29) is 0 Å². The minimum absolute atomic E-state index is 0.479. The van der Waals surface area contributed by atoms with Gasteiger partial charge < -0.3 is 10.8 Å². The van der Waals surface area contributed by atoms with Gasteiger partial charge in [-0.1, -0.05) is 0 Å². The zero-order chi connectivity index (χ0) is 7.07. The molecule has 1 saturated carbocycles. The van der Waals surface area contributed by atoms with Crippen molar-refractivity contribution in [3.63, 3.8) is 0 Å². The standard InChI is InChI=1S/C6H12FNO/c1-6(7)4(8)2-3-5(6)9/h4-5,9H,2-3,8H2,1H3/t4-,5-,6-/m1/s1. The molecule has 54 valence electrons. The van der Waals surface area contributed by atoms with Gasteiger partial charge in [-0.2, -0.15) is 0 Å². The van der Waals surface area contributed by atoms with Crippen molar-refractivity contribution >= 4 is 0 Å². The minimum atomic E-state index is -1.56. The Kier molecular flexibility index (Phi) is 1.49. The predicted molar refractivity (Wildman–Crippen MR) is 32.7 cm³/mol. The highest BCUT2D eigenvalue weighted by Gasteiger charge is 2.44. The summed E-state index contributed by atoms with van der Waals surface area (Å²) in [6, 6.07) is -0.479. The second kappa shape index (κ2) is 1.92.